The number of esters is 1. The number of anilines is 2. The number of aromatic nitrogens is 1. The molecule has 0 fully saturated rings. The Bertz CT molecular complexity index is 804. The van der Waals surface area contributed by atoms with Crippen molar-refractivity contribution < 1.29 is 24.2 Å². The Balaban J connectivity index is 2.18. The zero-order chi connectivity index (χ0) is 17.7. The van der Waals surface area contributed by atoms with Gasteiger partial charge in [0.15, 0.2) is 0 Å². The molecule has 124 valence electrons. The Labute approximate surface area is 137 Å². The second-order valence-corrected chi connectivity index (χ2v) is 4.79. The number of hydrogen-bond acceptors (Lipinski definition) is 6. The van der Waals surface area contributed by atoms with E-state index in [4.69, 9.17) is 0 Å². The van der Waals surface area contributed by atoms with Crippen LogP contribution in [0.3, 0.4) is 0 Å². The fraction of sp³-hybridized carbons (Fsp3) is 0.125. The fourth-order valence-corrected chi connectivity index (χ4v) is 1.90. The highest BCUT2D eigenvalue weighted by Gasteiger charge is 2.13. The Morgan fingerprint density at radius 1 is 1.08 bits per heavy atom. The lowest BCUT2D eigenvalue weighted by atomic mass is 10.1. The summed E-state index contributed by atoms with van der Waals surface area (Å²) < 4.78 is 4.55. The van der Waals surface area contributed by atoms with Crippen LogP contribution >= 0.6 is 0 Å². The molecule has 0 aliphatic carbocycles. The van der Waals surface area contributed by atoms with Crippen LogP contribution in [0.1, 0.15) is 27.6 Å². The molecule has 3 N–H and O–H groups in total. The van der Waals surface area contributed by atoms with Crippen molar-refractivity contribution in [1.29, 1.82) is 0 Å². The van der Waals surface area contributed by atoms with Crippen LogP contribution in [0.15, 0.2) is 36.5 Å². The number of aromatic hydroxyl groups is 1. The molecule has 2 amide bonds. The van der Waals surface area contributed by atoms with Gasteiger partial charge in [-0.2, -0.15) is 0 Å². The van der Waals surface area contributed by atoms with E-state index in [0.717, 1.165) is 0 Å². The highest BCUT2D eigenvalue weighted by molar-refractivity contribution is 6.06. The summed E-state index contributed by atoms with van der Waals surface area (Å²) >= 11 is 0. The SMILES string of the molecule is COC(=O)c1ccc(NC(=O)c2ccnc(NC(C)=O)c2)c(O)c1. The smallest absolute Gasteiger partial charge is 0.337 e. The molecule has 0 saturated carbocycles. The number of rotatable bonds is 4. The van der Waals surface area contributed by atoms with Crippen molar-refractivity contribution in [2.75, 3.05) is 17.7 Å². The summed E-state index contributed by atoms with van der Waals surface area (Å²) in [5.74, 6) is -1.46. The van der Waals surface area contributed by atoms with E-state index in [2.05, 4.69) is 20.4 Å². The Kier molecular flexibility index (Phi) is 5.10. The van der Waals surface area contributed by atoms with Crippen molar-refractivity contribution in [3.63, 3.8) is 0 Å². The van der Waals surface area contributed by atoms with E-state index in [1.807, 2.05) is 0 Å². The number of phenolic OH excluding ortho intramolecular Hbond substituents is 1. The fourth-order valence-electron chi connectivity index (χ4n) is 1.90. The third-order valence-electron chi connectivity index (χ3n) is 2.99. The second kappa shape index (κ2) is 7.23. The van der Waals surface area contributed by atoms with Gasteiger partial charge >= 0.3 is 5.97 Å². The molecule has 2 rings (SSSR count). The number of pyridine rings is 1. The number of hydrogen-bond donors (Lipinski definition) is 3. The minimum atomic E-state index is -0.600. The summed E-state index contributed by atoms with van der Waals surface area (Å²) in [6.07, 6.45) is 1.38. The molecular formula is C16H15N3O5. The van der Waals surface area contributed by atoms with Gasteiger partial charge in [0.1, 0.15) is 11.6 Å². The van der Waals surface area contributed by atoms with E-state index in [-0.39, 0.29) is 34.3 Å². The average molecular weight is 329 g/mol. The Morgan fingerprint density at radius 2 is 1.83 bits per heavy atom. The molecule has 0 radical (unpaired) electrons. The van der Waals surface area contributed by atoms with Gasteiger partial charge in [-0.25, -0.2) is 9.78 Å². The first-order chi connectivity index (χ1) is 11.4. The summed E-state index contributed by atoms with van der Waals surface area (Å²) in [5.41, 5.74) is 0.528. The zero-order valence-corrected chi connectivity index (χ0v) is 13.0. The van der Waals surface area contributed by atoms with Gasteiger partial charge in [0.2, 0.25) is 5.91 Å². The van der Waals surface area contributed by atoms with Crippen LogP contribution in [0.2, 0.25) is 0 Å². The van der Waals surface area contributed by atoms with Gasteiger partial charge in [0.25, 0.3) is 5.91 Å². The van der Waals surface area contributed by atoms with Gasteiger partial charge in [-0.3, -0.25) is 9.59 Å². The van der Waals surface area contributed by atoms with Crippen molar-refractivity contribution in [1.82, 2.24) is 4.98 Å². The largest absolute Gasteiger partial charge is 0.506 e. The summed E-state index contributed by atoms with van der Waals surface area (Å²) in [6, 6.07) is 6.85. The number of amides is 2. The monoisotopic (exact) mass is 329 g/mol. The molecular weight excluding hydrogens is 314 g/mol. The molecule has 0 aliphatic rings. The van der Waals surface area contributed by atoms with Crippen molar-refractivity contribution in [2.45, 2.75) is 6.92 Å². The highest BCUT2D eigenvalue weighted by atomic mass is 16.5. The number of carbonyl (C=O) groups excluding carboxylic acids is 3. The summed E-state index contributed by atoms with van der Waals surface area (Å²) in [7, 11) is 1.23. The van der Waals surface area contributed by atoms with E-state index < -0.39 is 11.9 Å². The third-order valence-corrected chi connectivity index (χ3v) is 2.99. The molecule has 0 atom stereocenters. The minimum absolute atomic E-state index is 0.130. The number of nitrogens with zero attached hydrogens (tertiary/aromatic N) is 1. The van der Waals surface area contributed by atoms with E-state index in [1.54, 1.807) is 0 Å². The second-order valence-electron chi connectivity index (χ2n) is 4.79. The molecule has 8 nitrogen and oxygen atoms in total. The first kappa shape index (κ1) is 16.9. The topological polar surface area (TPSA) is 118 Å². The maximum absolute atomic E-state index is 12.2. The highest BCUT2D eigenvalue weighted by Crippen LogP contribution is 2.25. The molecule has 1 heterocycles. The number of carbonyl (C=O) groups is 3. The predicted octanol–water partition coefficient (Wildman–Crippen LogP) is 1.78. The third kappa shape index (κ3) is 4.07. The molecule has 0 spiro atoms. The van der Waals surface area contributed by atoms with Crippen LogP contribution in [-0.4, -0.2) is 35.0 Å². The molecule has 0 aliphatic heterocycles. The number of methoxy groups -OCH3 is 1. The minimum Gasteiger partial charge on any atom is -0.506 e. The Morgan fingerprint density at radius 3 is 2.46 bits per heavy atom. The summed E-state index contributed by atoms with van der Waals surface area (Å²) in [5, 5.41) is 14.9. The molecule has 0 unspecified atom stereocenters. The van der Waals surface area contributed by atoms with Gasteiger partial charge in [-0.1, -0.05) is 0 Å². The molecule has 1 aromatic carbocycles. The van der Waals surface area contributed by atoms with Crippen LogP contribution in [-0.2, 0) is 9.53 Å². The van der Waals surface area contributed by atoms with Crippen LogP contribution in [0.4, 0.5) is 11.5 Å². The molecule has 0 saturated heterocycles. The maximum Gasteiger partial charge on any atom is 0.337 e. The van der Waals surface area contributed by atoms with E-state index >= 15 is 0 Å². The van der Waals surface area contributed by atoms with Gasteiger partial charge in [-0.15, -0.1) is 0 Å². The van der Waals surface area contributed by atoms with Crippen LogP contribution < -0.4 is 10.6 Å². The lowest BCUT2D eigenvalue weighted by molar-refractivity contribution is -0.114. The first-order valence-electron chi connectivity index (χ1n) is 6.87. The molecule has 8 heteroatoms. The maximum atomic E-state index is 12.2. The quantitative estimate of drug-likeness (QED) is 0.581. The zero-order valence-electron chi connectivity index (χ0n) is 13.0. The van der Waals surface area contributed by atoms with Gasteiger partial charge in [-0.05, 0) is 30.3 Å². The standard InChI is InChI=1S/C16H15N3O5/c1-9(20)18-14-8-10(5-6-17-14)15(22)19-12-4-3-11(7-13(12)21)16(23)24-2/h3-8,21H,1-2H3,(H,19,22)(H,17,18,20). The van der Waals surface area contributed by atoms with E-state index in [9.17, 15) is 19.5 Å². The molecule has 0 bridgehead atoms. The average Bonchev–Trinajstić information content (AvgIpc) is 2.55. The summed E-state index contributed by atoms with van der Waals surface area (Å²) in [4.78, 5) is 38.5. The number of nitrogens with one attached hydrogen (secondary N) is 2. The Hall–Kier alpha value is -3.42. The number of ether oxygens (including phenoxy) is 1. The van der Waals surface area contributed by atoms with Crippen LogP contribution in [0.25, 0.3) is 0 Å². The van der Waals surface area contributed by atoms with Crippen molar-refractivity contribution in [2.24, 2.45) is 0 Å². The normalized spacial score (nSPS) is 9.92. The van der Waals surface area contributed by atoms with Gasteiger partial charge in [0, 0.05) is 18.7 Å². The number of benzene rings is 1. The lowest BCUT2D eigenvalue weighted by Crippen LogP contribution is -2.14. The van der Waals surface area contributed by atoms with Crippen LogP contribution in [0, 0.1) is 0 Å². The molecule has 2 aromatic rings. The molecule has 1 aromatic heterocycles. The number of phenols is 1. The summed E-state index contributed by atoms with van der Waals surface area (Å²) in [6.45, 7) is 1.33. The van der Waals surface area contributed by atoms with Crippen LogP contribution in [0.5, 0.6) is 5.75 Å². The van der Waals surface area contributed by atoms with Gasteiger partial charge < -0.3 is 20.5 Å². The lowest BCUT2D eigenvalue weighted by Gasteiger charge is -2.09. The van der Waals surface area contributed by atoms with Gasteiger partial charge in [0.05, 0.1) is 18.4 Å². The van der Waals surface area contributed by atoms with Crippen molar-refractivity contribution >= 4 is 29.3 Å². The first-order valence-corrected chi connectivity index (χ1v) is 6.87. The van der Waals surface area contributed by atoms with E-state index in [1.165, 1.54) is 50.6 Å². The predicted molar refractivity (Wildman–Crippen MR) is 85.9 cm³/mol. The van der Waals surface area contributed by atoms with Crippen molar-refractivity contribution in [3.05, 3.63) is 47.7 Å². The molecule has 24 heavy (non-hydrogen) atoms. The van der Waals surface area contributed by atoms with Crippen molar-refractivity contribution in [3.8, 4) is 5.75 Å². The van der Waals surface area contributed by atoms with E-state index in [0.29, 0.717) is 0 Å².